The summed E-state index contributed by atoms with van der Waals surface area (Å²) >= 11 is 1.61. The van der Waals surface area contributed by atoms with Gasteiger partial charge in [-0.05, 0) is 41.9 Å². The van der Waals surface area contributed by atoms with Crippen LogP contribution in [0.3, 0.4) is 0 Å². The molecule has 1 heterocycles. The van der Waals surface area contributed by atoms with Crippen molar-refractivity contribution >= 4 is 11.3 Å². The molecule has 1 aromatic heterocycles. The molecule has 0 aliphatic carbocycles. The summed E-state index contributed by atoms with van der Waals surface area (Å²) in [6.45, 7) is 2.02. The van der Waals surface area contributed by atoms with E-state index in [1.54, 1.807) is 24.5 Å². The molecule has 0 saturated heterocycles. The van der Waals surface area contributed by atoms with Gasteiger partial charge in [0.05, 0.1) is 20.3 Å². The van der Waals surface area contributed by atoms with E-state index in [4.69, 9.17) is 9.47 Å². The van der Waals surface area contributed by atoms with Crippen molar-refractivity contribution in [3.63, 3.8) is 0 Å². The van der Waals surface area contributed by atoms with E-state index < -0.39 is 0 Å². The van der Waals surface area contributed by atoms with Crippen LogP contribution >= 0.6 is 11.3 Å². The lowest BCUT2D eigenvalue weighted by Gasteiger charge is -2.19. The van der Waals surface area contributed by atoms with E-state index in [9.17, 15) is 4.39 Å². The molecule has 1 N–H and O–H groups in total. The van der Waals surface area contributed by atoms with Gasteiger partial charge >= 0.3 is 0 Å². The Hall–Kier alpha value is -1.59. The maximum atomic E-state index is 14.3. The Balaban J connectivity index is 2.52. The molecule has 108 valence electrons. The zero-order chi connectivity index (χ0) is 14.7. The van der Waals surface area contributed by atoms with Gasteiger partial charge in [0, 0.05) is 11.6 Å². The molecule has 1 aromatic carbocycles. The minimum Gasteiger partial charge on any atom is -0.493 e. The van der Waals surface area contributed by atoms with Crippen molar-refractivity contribution in [3.8, 4) is 11.5 Å². The molecule has 1 atom stereocenters. The van der Waals surface area contributed by atoms with Crippen LogP contribution in [0, 0.1) is 12.7 Å². The number of thiophene rings is 1. The minimum atomic E-state index is -0.312. The Morgan fingerprint density at radius 3 is 2.25 bits per heavy atom. The van der Waals surface area contributed by atoms with Crippen LogP contribution in [0.5, 0.6) is 11.5 Å². The van der Waals surface area contributed by atoms with E-state index in [-0.39, 0.29) is 11.9 Å². The smallest absolute Gasteiger partial charge is 0.163 e. The molecule has 3 nitrogen and oxygen atoms in total. The summed E-state index contributed by atoms with van der Waals surface area (Å²) in [5.41, 5.74) is 2.76. The van der Waals surface area contributed by atoms with Crippen molar-refractivity contribution in [2.24, 2.45) is 0 Å². The van der Waals surface area contributed by atoms with Crippen LogP contribution in [0.1, 0.15) is 22.7 Å². The lowest BCUT2D eigenvalue weighted by Crippen LogP contribution is -2.19. The first-order valence-corrected chi connectivity index (χ1v) is 7.18. The van der Waals surface area contributed by atoms with Gasteiger partial charge in [0.25, 0.3) is 0 Å². The molecule has 0 bridgehead atoms. The number of benzene rings is 1. The van der Waals surface area contributed by atoms with Crippen LogP contribution < -0.4 is 14.8 Å². The summed E-state index contributed by atoms with van der Waals surface area (Å²) in [6, 6.07) is 2.84. The number of ether oxygens (including phenoxy) is 2. The van der Waals surface area contributed by atoms with E-state index in [0.717, 1.165) is 11.1 Å². The average Bonchev–Trinajstić information content (AvgIpc) is 2.87. The van der Waals surface area contributed by atoms with E-state index in [1.165, 1.54) is 13.2 Å². The van der Waals surface area contributed by atoms with Gasteiger partial charge in [-0.2, -0.15) is 11.3 Å². The summed E-state index contributed by atoms with van der Waals surface area (Å²) in [5, 5.41) is 7.25. The summed E-state index contributed by atoms with van der Waals surface area (Å²) in [6.07, 6.45) is 0. The Kier molecular flexibility index (Phi) is 4.62. The molecule has 0 aliphatic rings. The summed E-state index contributed by atoms with van der Waals surface area (Å²) in [4.78, 5) is 0. The number of hydrogen-bond donors (Lipinski definition) is 1. The average molecular weight is 295 g/mol. The molecule has 0 amide bonds. The van der Waals surface area contributed by atoms with Gasteiger partial charge in [0.2, 0.25) is 0 Å². The van der Waals surface area contributed by atoms with Crippen LogP contribution in [0.2, 0.25) is 0 Å². The van der Waals surface area contributed by atoms with Crippen molar-refractivity contribution in [1.82, 2.24) is 5.32 Å². The zero-order valence-electron chi connectivity index (χ0n) is 12.0. The topological polar surface area (TPSA) is 30.5 Å². The SMILES string of the molecule is CNC(c1cscc1C)c1cc(OC)c(OC)cc1F. The monoisotopic (exact) mass is 295 g/mol. The Labute approximate surface area is 122 Å². The molecule has 2 aromatic rings. The predicted octanol–water partition coefficient (Wildman–Crippen LogP) is 3.52. The molecular weight excluding hydrogens is 277 g/mol. The van der Waals surface area contributed by atoms with Crippen LogP contribution in [0.4, 0.5) is 4.39 Å². The van der Waals surface area contributed by atoms with E-state index in [0.29, 0.717) is 17.1 Å². The molecular formula is C15H18FNO2S. The predicted molar refractivity (Wildman–Crippen MR) is 79.5 cm³/mol. The van der Waals surface area contributed by atoms with Crippen molar-refractivity contribution in [1.29, 1.82) is 0 Å². The van der Waals surface area contributed by atoms with Crippen LogP contribution in [-0.4, -0.2) is 21.3 Å². The highest BCUT2D eigenvalue weighted by Gasteiger charge is 2.21. The number of nitrogens with one attached hydrogen (secondary N) is 1. The summed E-state index contributed by atoms with van der Waals surface area (Å²) in [7, 11) is 4.86. The number of halogens is 1. The van der Waals surface area contributed by atoms with Gasteiger partial charge in [0.1, 0.15) is 5.82 Å². The fourth-order valence-electron chi connectivity index (χ4n) is 2.24. The lowest BCUT2D eigenvalue weighted by molar-refractivity contribution is 0.351. The van der Waals surface area contributed by atoms with Crippen LogP contribution in [0.15, 0.2) is 22.9 Å². The first-order chi connectivity index (χ1) is 9.62. The zero-order valence-corrected chi connectivity index (χ0v) is 12.8. The fourth-order valence-corrected chi connectivity index (χ4v) is 3.11. The second kappa shape index (κ2) is 6.24. The lowest BCUT2D eigenvalue weighted by atomic mass is 9.97. The maximum absolute atomic E-state index is 14.3. The molecule has 0 spiro atoms. The second-order valence-corrected chi connectivity index (χ2v) is 5.20. The third-order valence-corrected chi connectivity index (χ3v) is 4.19. The number of methoxy groups -OCH3 is 2. The van der Waals surface area contributed by atoms with Crippen molar-refractivity contribution in [2.75, 3.05) is 21.3 Å². The number of rotatable bonds is 5. The first-order valence-electron chi connectivity index (χ1n) is 6.23. The minimum absolute atomic E-state index is 0.207. The highest BCUT2D eigenvalue weighted by molar-refractivity contribution is 7.08. The molecule has 0 saturated carbocycles. The van der Waals surface area contributed by atoms with Gasteiger partial charge in [-0.15, -0.1) is 0 Å². The molecule has 5 heteroatoms. The Morgan fingerprint density at radius 1 is 1.10 bits per heavy atom. The van der Waals surface area contributed by atoms with Gasteiger partial charge in [0.15, 0.2) is 11.5 Å². The first kappa shape index (κ1) is 14.8. The molecule has 2 rings (SSSR count). The normalized spacial score (nSPS) is 12.2. The molecule has 0 fully saturated rings. The molecule has 0 radical (unpaired) electrons. The summed E-state index contributed by atoms with van der Waals surface area (Å²) in [5.74, 6) is 0.607. The number of hydrogen-bond acceptors (Lipinski definition) is 4. The van der Waals surface area contributed by atoms with Crippen molar-refractivity contribution in [2.45, 2.75) is 13.0 Å². The van der Waals surface area contributed by atoms with E-state index in [1.807, 2.05) is 19.4 Å². The number of aryl methyl sites for hydroxylation is 1. The molecule has 0 aliphatic heterocycles. The maximum Gasteiger partial charge on any atom is 0.163 e. The molecule has 1 unspecified atom stereocenters. The highest BCUT2D eigenvalue weighted by Crippen LogP contribution is 2.35. The Bertz CT molecular complexity index is 598. The second-order valence-electron chi connectivity index (χ2n) is 4.46. The van der Waals surface area contributed by atoms with Gasteiger partial charge < -0.3 is 14.8 Å². The Morgan fingerprint density at radius 2 is 1.75 bits per heavy atom. The van der Waals surface area contributed by atoms with Gasteiger partial charge in [-0.25, -0.2) is 4.39 Å². The quantitative estimate of drug-likeness (QED) is 0.915. The fraction of sp³-hybridized carbons (Fsp3) is 0.333. The highest BCUT2D eigenvalue weighted by atomic mass is 32.1. The van der Waals surface area contributed by atoms with Gasteiger partial charge in [-0.3, -0.25) is 0 Å². The largest absolute Gasteiger partial charge is 0.493 e. The third-order valence-electron chi connectivity index (χ3n) is 3.31. The standard InChI is InChI=1S/C15H18FNO2S/c1-9-7-20-8-11(9)15(17-2)10-5-13(18-3)14(19-4)6-12(10)16/h5-8,15,17H,1-4H3. The third kappa shape index (κ3) is 2.64. The molecule has 20 heavy (non-hydrogen) atoms. The van der Waals surface area contributed by atoms with Gasteiger partial charge in [-0.1, -0.05) is 0 Å². The van der Waals surface area contributed by atoms with E-state index >= 15 is 0 Å². The van der Waals surface area contributed by atoms with Crippen molar-refractivity contribution in [3.05, 3.63) is 45.4 Å². The van der Waals surface area contributed by atoms with Crippen molar-refractivity contribution < 1.29 is 13.9 Å². The van der Waals surface area contributed by atoms with Crippen LogP contribution in [-0.2, 0) is 0 Å². The van der Waals surface area contributed by atoms with Crippen LogP contribution in [0.25, 0.3) is 0 Å². The summed E-state index contributed by atoms with van der Waals surface area (Å²) < 4.78 is 24.7. The van der Waals surface area contributed by atoms with E-state index in [2.05, 4.69) is 10.7 Å².